The standard InChI is InChI=1S/C12H27NO2/c1-9(2)15-8-10(13-6)11(14-7)12(3,4)5/h9-11,13H,8H2,1-7H3. The SMILES string of the molecule is CNC(COC(C)C)C(OC)C(C)(C)C. The molecular formula is C12H27NO2. The van der Waals surface area contributed by atoms with Crippen molar-refractivity contribution in [2.24, 2.45) is 5.41 Å². The second kappa shape index (κ2) is 6.46. The molecule has 0 heterocycles. The summed E-state index contributed by atoms with van der Waals surface area (Å²) in [6.45, 7) is 11.3. The van der Waals surface area contributed by atoms with Crippen LogP contribution in [-0.4, -0.2) is 39.0 Å². The van der Waals surface area contributed by atoms with Crippen LogP contribution in [-0.2, 0) is 9.47 Å². The predicted octanol–water partition coefficient (Wildman–Crippen LogP) is 2.06. The Labute approximate surface area is 94.5 Å². The molecule has 1 N–H and O–H groups in total. The minimum atomic E-state index is 0.114. The van der Waals surface area contributed by atoms with E-state index in [2.05, 4.69) is 26.1 Å². The molecule has 0 saturated heterocycles. The lowest BCUT2D eigenvalue weighted by molar-refractivity contribution is -0.0435. The van der Waals surface area contributed by atoms with Gasteiger partial charge >= 0.3 is 0 Å². The molecule has 0 rings (SSSR count). The lowest BCUT2D eigenvalue weighted by Crippen LogP contribution is -2.49. The molecule has 0 spiro atoms. The largest absolute Gasteiger partial charge is 0.379 e. The summed E-state index contributed by atoms with van der Waals surface area (Å²) in [6, 6.07) is 0.234. The minimum Gasteiger partial charge on any atom is -0.379 e. The molecule has 0 aliphatic heterocycles. The Morgan fingerprint density at radius 3 is 2.00 bits per heavy atom. The number of ether oxygens (including phenoxy) is 2. The highest BCUT2D eigenvalue weighted by atomic mass is 16.5. The maximum Gasteiger partial charge on any atom is 0.0794 e. The highest BCUT2D eigenvalue weighted by molar-refractivity contribution is 4.85. The van der Waals surface area contributed by atoms with Gasteiger partial charge in [-0.05, 0) is 26.3 Å². The first kappa shape index (κ1) is 14.9. The van der Waals surface area contributed by atoms with Gasteiger partial charge in [-0.25, -0.2) is 0 Å². The van der Waals surface area contributed by atoms with E-state index in [4.69, 9.17) is 9.47 Å². The van der Waals surface area contributed by atoms with Crippen molar-refractivity contribution in [2.75, 3.05) is 20.8 Å². The van der Waals surface area contributed by atoms with Crippen LogP contribution in [0.25, 0.3) is 0 Å². The first-order valence-electron chi connectivity index (χ1n) is 5.64. The van der Waals surface area contributed by atoms with Gasteiger partial charge in [0.25, 0.3) is 0 Å². The molecule has 15 heavy (non-hydrogen) atoms. The van der Waals surface area contributed by atoms with Crippen LogP contribution in [0.4, 0.5) is 0 Å². The van der Waals surface area contributed by atoms with Crippen LogP contribution in [0.2, 0.25) is 0 Å². The summed E-state index contributed by atoms with van der Waals surface area (Å²) in [5, 5.41) is 3.26. The molecule has 2 unspecified atom stereocenters. The molecule has 0 aromatic rings. The molecule has 0 aliphatic carbocycles. The van der Waals surface area contributed by atoms with Gasteiger partial charge in [0.2, 0.25) is 0 Å². The summed E-state index contributed by atoms with van der Waals surface area (Å²) in [6.07, 6.45) is 0.416. The minimum absolute atomic E-state index is 0.114. The van der Waals surface area contributed by atoms with Crippen LogP contribution in [0.3, 0.4) is 0 Å². The van der Waals surface area contributed by atoms with Gasteiger partial charge in [-0.2, -0.15) is 0 Å². The smallest absolute Gasteiger partial charge is 0.0794 e. The third kappa shape index (κ3) is 5.50. The van der Waals surface area contributed by atoms with E-state index in [-0.39, 0.29) is 23.7 Å². The van der Waals surface area contributed by atoms with Gasteiger partial charge in [-0.15, -0.1) is 0 Å². The van der Waals surface area contributed by atoms with Crippen LogP contribution >= 0.6 is 0 Å². The molecule has 0 aromatic carbocycles. The van der Waals surface area contributed by atoms with E-state index in [0.29, 0.717) is 6.61 Å². The topological polar surface area (TPSA) is 30.5 Å². The van der Waals surface area contributed by atoms with Crippen molar-refractivity contribution < 1.29 is 9.47 Å². The lowest BCUT2D eigenvalue weighted by atomic mass is 9.84. The van der Waals surface area contributed by atoms with E-state index in [1.165, 1.54) is 0 Å². The number of hydrogen-bond acceptors (Lipinski definition) is 3. The fraction of sp³-hybridized carbons (Fsp3) is 1.00. The summed E-state index contributed by atoms with van der Waals surface area (Å²) in [5.74, 6) is 0. The van der Waals surface area contributed by atoms with Gasteiger partial charge in [-0.3, -0.25) is 0 Å². The summed E-state index contributed by atoms with van der Waals surface area (Å²) in [5.41, 5.74) is 0.114. The summed E-state index contributed by atoms with van der Waals surface area (Å²) in [4.78, 5) is 0. The number of rotatable bonds is 6. The Morgan fingerprint density at radius 2 is 1.73 bits per heavy atom. The molecule has 0 saturated carbocycles. The van der Waals surface area contributed by atoms with Crippen molar-refractivity contribution in [3.8, 4) is 0 Å². The second-order valence-corrected chi connectivity index (χ2v) is 5.30. The molecule has 0 amide bonds. The highest BCUT2D eigenvalue weighted by Gasteiger charge is 2.31. The summed E-state index contributed by atoms with van der Waals surface area (Å²) < 4.78 is 11.2. The average molecular weight is 217 g/mol. The molecule has 3 heteroatoms. The maximum absolute atomic E-state index is 5.63. The number of methoxy groups -OCH3 is 1. The first-order chi connectivity index (χ1) is 6.82. The number of nitrogens with one attached hydrogen (secondary N) is 1. The Balaban J connectivity index is 4.35. The maximum atomic E-state index is 5.63. The van der Waals surface area contributed by atoms with E-state index in [0.717, 1.165) is 0 Å². The van der Waals surface area contributed by atoms with Crippen molar-refractivity contribution >= 4 is 0 Å². The van der Waals surface area contributed by atoms with Crippen molar-refractivity contribution in [1.29, 1.82) is 0 Å². The van der Waals surface area contributed by atoms with Gasteiger partial charge in [0.15, 0.2) is 0 Å². The van der Waals surface area contributed by atoms with Crippen LogP contribution in [0.15, 0.2) is 0 Å². The third-order valence-corrected chi connectivity index (χ3v) is 2.45. The summed E-state index contributed by atoms with van der Waals surface area (Å²) in [7, 11) is 3.71. The molecule has 0 radical (unpaired) electrons. The molecule has 0 bridgehead atoms. The van der Waals surface area contributed by atoms with Crippen molar-refractivity contribution in [1.82, 2.24) is 5.32 Å². The Kier molecular flexibility index (Phi) is 6.41. The van der Waals surface area contributed by atoms with Crippen LogP contribution < -0.4 is 5.32 Å². The van der Waals surface area contributed by atoms with Gasteiger partial charge < -0.3 is 14.8 Å². The molecule has 92 valence electrons. The van der Waals surface area contributed by atoms with Gasteiger partial charge in [0.05, 0.1) is 24.9 Å². The van der Waals surface area contributed by atoms with Gasteiger partial charge in [0.1, 0.15) is 0 Å². The third-order valence-electron chi connectivity index (χ3n) is 2.45. The van der Waals surface area contributed by atoms with Crippen molar-refractivity contribution in [2.45, 2.75) is 52.9 Å². The van der Waals surface area contributed by atoms with Crippen LogP contribution in [0.1, 0.15) is 34.6 Å². The predicted molar refractivity (Wildman–Crippen MR) is 64.2 cm³/mol. The zero-order chi connectivity index (χ0) is 12.1. The van der Waals surface area contributed by atoms with Gasteiger partial charge in [0, 0.05) is 7.11 Å². The average Bonchev–Trinajstić information content (AvgIpc) is 2.09. The zero-order valence-corrected chi connectivity index (χ0v) is 11.3. The Hall–Kier alpha value is -0.120. The highest BCUT2D eigenvalue weighted by Crippen LogP contribution is 2.24. The molecule has 0 aromatic heterocycles. The van der Waals surface area contributed by atoms with Crippen molar-refractivity contribution in [3.05, 3.63) is 0 Å². The quantitative estimate of drug-likeness (QED) is 0.739. The normalized spacial score (nSPS) is 16.8. The number of hydrogen-bond donors (Lipinski definition) is 1. The van der Waals surface area contributed by atoms with Crippen LogP contribution in [0, 0.1) is 5.41 Å². The van der Waals surface area contributed by atoms with E-state index >= 15 is 0 Å². The second-order valence-electron chi connectivity index (χ2n) is 5.30. The lowest BCUT2D eigenvalue weighted by Gasteiger charge is -2.36. The molecular weight excluding hydrogens is 190 g/mol. The monoisotopic (exact) mass is 217 g/mol. The Bertz CT molecular complexity index is 163. The molecule has 0 fully saturated rings. The molecule has 2 atom stereocenters. The molecule has 0 aliphatic rings. The van der Waals surface area contributed by atoms with E-state index < -0.39 is 0 Å². The van der Waals surface area contributed by atoms with E-state index in [1.807, 2.05) is 20.9 Å². The van der Waals surface area contributed by atoms with E-state index in [1.54, 1.807) is 7.11 Å². The Morgan fingerprint density at radius 1 is 1.20 bits per heavy atom. The fourth-order valence-corrected chi connectivity index (χ4v) is 1.74. The van der Waals surface area contributed by atoms with E-state index in [9.17, 15) is 0 Å². The molecule has 3 nitrogen and oxygen atoms in total. The summed E-state index contributed by atoms with van der Waals surface area (Å²) >= 11 is 0. The van der Waals surface area contributed by atoms with Crippen molar-refractivity contribution in [3.63, 3.8) is 0 Å². The van der Waals surface area contributed by atoms with Gasteiger partial charge in [-0.1, -0.05) is 20.8 Å². The number of likely N-dealkylation sites (N-methyl/N-ethyl adjacent to an activating group) is 1. The first-order valence-corrected chi connectivity index (χ1v) is 5.64. The fourth-order valence-electron chi connectivity index (χ4n) is 1.74. The zero-order valence-electron chi connectivity index (χ0n) is 11.3. The van der Waals surface area contributed by atoms with Crippen LogP contribution in [0.5, 0.6) is 0 Å².